The average molecular weight is 266 g/mol. The number of rotatable bonds is 5. The molecule has 0 saturated carbocycles. The minimum Gasteiger partial charge on any atom is -0.320 e. The fourth-order valence-electron chi connectivity index (χ4n) is 1.32. The lowest BCUT2D eigenvalue weighted by molar-refractivity contribution is 0.437. The van der Waals surface area contributed by atoms with Gasteiger partial charge in [0.15, 0.2) is 0 Å². The van der Waals surface area contributed by atoms with Crippen molar-refractivity contribution in [2.75, 3.05) is 32.9 Å². The van der Waals surface area contributed by atoms with Crippen LogP contribution in [0.3, 0.4) is 0 Å². The Morgan fingerprint density at radius 1 is 1.39 bits per heavy atom. The van der Waals surface area contributed by atoms with Crippen LogP contribution in [0.5, 0.6) is 0 Å². The summed E-state index contributed by atoms with van der Waals surface area (Å²) in [6.45, 7) is 1.30. The first kappa shape index (κ1) is 15.0. The molecule has 0 spiro atoms. The SMILES string of the molecule is CN(C)CCSCc1ccc(C#CCN)cc1F. The molecule has 2 nitrogen and oxygen atoms in total. The molecule has 98 valence electrons. The lowest BCUT2D eigenvalue weighted by Gasteiger charge is -2.09. The fourth-order valence-corrected chi connectivity index (χ4v) is 2.42. The summed E-state index contributed by atoms with van der Waals surface area (Å²) in [7, 11) is 4.07. The summed E-state index contributed by atoms with van der Waals surface area (Å²) < 4.78 is 13.7. The number of nitrogens with zero attached hydrogens (tertiary/aromatic N) is 1. The summed E-state index contributed by atoms with van der Waals surface area (Å²) in [6, 6.07) is 5.12. The smallest absolute Gasteiger partial charge is 0.128 e. The van der Waals surface area contributed by atoms with E-state index < -0.39 is 0 Å². The maximum absolute atomic E-state index is 13.7. The van der Waals surface area contributed by atoms with Crippen molar-refractivity contribution < 1.29 is 4.39 Å². The Bertz CT molecular complexity index is 435. The van der Waals surface area contributed by atoms with E-state index in [1.54, 1.807) is 17.8 Å². The number of nitrogens with two attached hydrogens (primary N) is 1. The quantitative estimate of drug-likeness (QED) is 0.652. The van der Waals surface area contributed by atoms with E-state index in [1.807, 2.05) is 20.2 Å². The van der Waals surface area contributed by atoms with E-state index in [4.69, 9.17) is 5.73 Å². The molecule has 0 radical (unpaired) electrons. The molecule has 1 aromatic carbocycles. The molecule has 0 aromatic heterocycles. The molecule has 0 saturated heterocycles. The molecule has 0 atom stereocenters. The Hall–Kier alpha value is -1.02. The molecule has 1 rings (SSSR count). The van der Waals surface area contributed by atoms with Crippen LogP contribution >= 0.6 is 11.8 Å². The number of hydrogen-bond acceptors (Lipinski definition) is 3. The third-order valence-corrected chi connectivity index (χ3v) is 3.31. The van der Waals surface area contributed by atoms with Gasteiger partial charge in [-0.05, 0) is 31.8 Å². The van der Waals surface area contributed by atoms with Crippen LogP contribution in [0.2, 0.25) is 0 Å². The molecule has 0 aliphatic rings. The van der Waals surface area contributed by atoms with Crippen LogP contribution in [0.15, 0.2) is 18.2 Å². The van der Waals surface area contributed by atoms with Crippen LogP contribution in [-0.4, -0.2) is 37.8 Å². The molecular formula is C14H19FN2S. The standard InChI is InChI=1S/C14H19FN2S/c1-17(2)8-9-18-11-13-6-5-12(4-3-7-16)10-14(13)15/h5-6,10H,7-9,11,16H2,1-2H3. The Kier molecular flexibility index (Phi) is 6.81. The van der Waals surface area contributed by atoms with Gasteiger partial charge in [-0.25, -0.2) is 4.39 Å². The van der Waals surface area contributed by atoms with E-state index in [-0.39, 0.29) is 5.82 Å². The van der Waals surface area contributed by atoms with Gasteiger partial charge < -0.3 is 10.6 Å². The van der Waals surface area contributed by atoms with Crippen LogP contribution in [0.1, 0.15) is 11.1 Å². The number of halogens is 1. The molecule has 0 bridgehead atoms. The molecule has 0 fully saturated rings. The molecule has 0 amide bonds. The summed E-state index contributed by atoms with van der Waals surface area (Å²) in [5, 5.41) is 0. The van der Waals surface area contributed by atoms with Gasteiger partial charge in [-0.3, -0.25) is 0 Å². The zero-order chi connectivity index (χ0) is 13.4. The monoisotopic (exact) mass is 266 g/mol. The van der Waals surface area contributed by atoms with Crippen molar-refractivity contribution in [3.63, 3.8) is 0 Å². The Balaban J connectivity index is 2.52. The third-order valence-electron chi connectivity index (χ3n) is 2.33. The number of thioether (sulfide) groups is 1. The minimum absolute atomic E-state index is 0.184. The fraction of sp³-hybridized carbons (Fsp3) is 0.429. The van der Waals surface area contributed by atoms with E-state index in [9.17, 15) is 4.39 Å². The van der Waals surface area contributed by atoms with Crippen LogP contribution in [0.4, 0.5) is 4.39 Å². The van der Waals surface area contributed by atoms with Gasteiger partial charge in [0.25, 0.3) is 0 Å². The first-order valence-corrected chi connectivity index (χ1v) is 6.99. The second kappa shape index (κ2) is 8.15. The highest BCUT2D eigenvalue weighted by Gasteiger charge is 2.03. The summed E-state index contributed by atoms with van der Waals surface area (Å²) in [5.74, 6) is 7.06. The number of hydrogen-bond donors (Lipinski definition) is 1. The van der Waals surface area contributed by atoms with Crippen molar-refractivity contribution >= 4 is 11.8 Å². The molecule has 0 aliphatic heterocycles. The third kappa shape index (κ3) is 5.54. The Morgan fingerprint density at radius 3 is 2.78 bits per heavy atom. The lowest BCUT2D eigenvalue weighted by Crippen LogP contribution is -2.14. The zero-order valence-corrected chi connectivity index (χ0v) is 11.7. The van der Waals surface area contributed by atoms with Crippen LogP contribution in [0, 0.1) is 17.7 Å². The summed E-state index contributed by atoms with van der Waals surface area (Å²) in [5.41, 5.74) is 6.69. The lowest BCUT2D eigenvalue weighted by atomic mass is 10.1. The van der Waals surface area contributed by atoms with Gasteiger partial charge in [0.1, 0.15) is 5.82 Å². The molecule has 2 N–H and O–H groups in total. The van der Waals surface area contributed by atoms with Crippen molar-refractivity contribution in [1.29, 1.82) is 0 Å². The van der Waals surface area contributed by atoms with Gasteiger partial charge in [0.2, 0.25) is 0 Å². The predicted molar refractivity (Wildman–Crippen MR) is 77.0 cm³/mol. The average Bonchev–Trinajstić information content (AvgIpc) is 2.33. The van der Waals surface area contributed by atoms with Crippen molar-refractivity contribution in [3.05, 3.63) is 35.1 Å². The second-order valence-corrected chi connectivity index (χ2v) is 5.27. The molecule has 0 aliphatic carbocycles. The van der Waals surface area contributed by atoms with Crippen molar-refractivity contribution in [2.45, 2.75) is 5.75 Å². The van der Waals surface area contributed by atoms with E-state index in [1.165, 1.54) is 6.07 Å². The van der Waals surface area contributed by atoms with Gasteiger partial charge in [-0.15, -0.1) is 0 Å². The van der Waals surface area contributed by atoms with Crippen LogP contribution < -0.4 is 5.73 Å². The van der Waals surface area contributed by atoms with Crippen LogP contribution in [-0.2, 0) is 5.75 Å². The normalized spacial score (nSPS) is 10.3. The van der Waals surface area contributed by atoms with E-state index in [0.29, 0.717) is 17.9 Å². The molecule has 4 heteroatoms. The van der Waals surface area contributed by atoms with Gasteiger partial charge in [-0.1, -0.05) is 17.9 Å². The maximum Gasteiger partial charge on any atom is 0.128 e. The first-order valence-electron chi connectivity index (χ1n) is 5.83. The largest absolute Gasteiger partial charge is 0.320 e. The van der Waals surface area contributed by atoms with Crippen molar-refractivity contribution in [2.24, 2.45) is 5.73 Å². The van der Waals surface area contributed by atoms with Gasteiger partial charge in [-0.2, -0.15) is 11.8 Å². The highest BCUT2D eigenvalue weighted by Crippen LogP contribution is 2.16. The summed E-state index contributed by atoms with van der Waals surface area (Å²) >= 11 is 1.73. The van der Waals surface area contributed by atoms with Gasteiger partial charge in [0.05, 0.1) is 6.54 Å². The van der Waals surface area contributed by atoms with Crippen molar-refractivity contribution in [1.82, 2.24) is 4.90 Å². The van der Waals surface area contributed by atoms with Crippen LogP contribution in [0.25, 0.3) is 0 Å². The molecule has 1 aromatic rings. The number of benzene rings is 1. The summed E-state index contributed by atoms with van der Waals surface area (Å²) in [4.78, 5) is 2.12. The topological polar surface area (TPSA) is 29.3 Å². The highest BCUT2D eigenvalue weighted by atomic mass is 32.2. The van der Waals surface area contributed by atoms with Gasteiger partial charge >= 0.3 is 0 Å². The summed E-state index contributed by atoms with van der Waals surface area (Å²) in [6.07, 6.45) is 0. The second-order valence-electron chi connectivity index (χ2n) is 4.17. The van der Waals surface area contributed by atoms with E-state index >= 15 is 0 Å². The van der Waals surface area contributed by atoms with Crippen molar-refractivity contribution in [3.8, 4) is 11.8 Å². The highest BCUT2D eigenvalue weighted by molar-refractivity contribution is 7.98. The Morgan fingerprint density at radius 2 is 2.17 bits per heavy atom. The molecule has 0 heterocycles. The van der Waals surface area contributed by atoms with E-state index in [0.717, 1.165) is 17.9 Å². The Labute approximate surface area is 113 Å². The van der Waals surface area contributed by atoms with Gasteiger partial charge in [0, 0.05) is 23.6 Å². The minimum atomic E-state index is -0.184. The van der Waals surface area contributed by atoms with E-state index in [2.05, 4.69) is 16.7 Å². The molecule has 18 heavy (non-hydrogen) atoms. The predicted octanol–water partition coefficient (Wildman–Crippen LogP) is 1.93. The molecule has 0 unspecified atom stereocenters. The first-order chi connectivity index (χ1) is 8.63. The molecular weight excluding hydrogens is 247 g/mol. The zero-order valence-electron chi connectivity index (χ0n) is 10.9. The maximum atomic E-state index is 13.7.